The summed E-state index contributed by atoms with van der Waals surface area (Å²) >= 11 is 0. The van der Waals surface area contributed by atoms with Crippen molar-refractivity contribution in [1.82, 2.24) is 4.90 Å². The quantitative estimate of drug-likeness (QED) is 0.680. The molecular formula is C15H21NO. The van der Waals surface area contributed by atoms with E-state index in [-0.39, 0.29) is 5.60 Å². The monoisotopic (exact) mass is 231 g/mol. The maximum atomic E-state index is 6.33. The lowest BCUT2D eigenvalue weighted by atomic mass is 9.77. The Labute approximate surface area is 104 Å². The number of likely N-dealkylation sites (N-methyl/N-ethyl adjacent to an activating group) is 1. The molecule has 0 bridgehead atoms. The SMILES string of the molecule is CN1CC[C@H]2c3ccccc3C(C)(C)O[C@H]2C1. The van der Waals surface area contributed by atoms with E-state index in [1.165, 1.54) is 24.1 Å². The molecule has 1 fully saturated rings. The third-order valence-corrected chi connectivity index (χ3v) is 4.22. The van der Waals surface area contributed by atoms with Crippen molar-refractivity contribution in [2.45, 2.75) is 37.9 Å². The van der Waals surface area contributed by atoms with E-state index in [0.717, 1.165) is 6.54 Å². The van der Waals surface area contributed by atoms with Crippen molar-refractivity contribution in [2.75, 3.05) is 20.1 Å². The molecule has 92 valence electrons. The van der Waals surface area contributed by atoms with Gasteiger partial charge >= 0.3 is 0 Å². The number of likely N-dealkylation sites (tertiary alicyclic amines) is 1. The van der Waals surface area contributed by atoms with Gasteiger partial charge in [0.2, 0.25) is 0 Å². The van der Waals surface area contributed by atoms with E-state index >= 15 is 0 Å². The Hall–Kier alpha value is -0.860. The molecule has 1 saturated heterocycles. The third-order valence-electron chi connectivity index (χ3n) is 4.22. The van der Waals surface area contributed by atoms with Crippen molar-refractivity contribution in [3.63, 3.8) is 0 Å². The van der Waals surface area contributed by atoms with E-state index in [1.54, 1.807) is 0 Å². The molecule has 2 heterocycles. The molecule has 3 rings (SSSR count). The maximum absolute atomic E-state index is 6.33. The molecule has 0 spiro atoms. The summed E-state index contributed by atoms with van der Waals surface area (Å²) in [5, 5.41) is 0. The Morgan fingerprint density at radius 1 is 1.29 bits per heavy atom. The number of benzene rings is 1. The Bertz CT molecular complexity index is 427. The minimum absolute atomic E-state index is 0.143. The van der Waals surface area contributed by atoms with Gasteiger partial charge in [-0.2, -0.15) is 0 Å². The first kappa shape index (κ1) is 11.2. The summed E-state index contributed by atoms with van der Waals surface area (Å²) in [5.41, 5.74) is 2.75. The van der Waals surface area contributed by atoms with Crippen molar-refractivity contribution in [2.24, 2.45) is 0 Å². The first-order chi connectivity index (χ1) is 8.08. The highest BCUT2D eigenvalue weighted by atomic mass is 16.5. The molecule has 1 aromatic carbocycles. The fourth-order valence-corrected chi connectivity index (χ4v) is 3.36. The van der Waals surface area contributed by atoms with Gasteiger partial charge in [-0.05, 0) is 45.0 Å². The van der Waals surface area contributed by atoms with Gasteiger partial charge in [-0.25, -0.2) is 0 Å². The molecule has 17 heavy (non-hydrogen) atoms. The van der Waals surface area contributed by atoms with Gasteiger partial charge in [0.25, 0.3) is 0 Å². The average molecular weight is 231 g/mol. The number of hydrogen-bond donors (Lipinski definition) is 0. The van der Waals surface area contributed by atoms with Crippen molar-refractivity contribution in [1.29, 1.82) is 0 Å². The highest BCUT2D eigenvalue weighted by Crippen LogP contribution is 2.44. The number of nitrogens with zero attached hydrogens (tertiary/aromatic N) is 1. The fraction of sp³-hybridized carbons (Fsp3) is 0.600. The van der Waals surface area contributed by atoms with Crippen LogP contribution in [0.15, 0.2) is 24.3 Å². The molecule has 0 aromatic heterocycles. The van der Waals surface area contributed by atoms with Crippen LogP contribution >= 0.6 is 0 Å². The van der Waals surface area contributed by atoms with E-state index in [4.69, 9.17) is 4.74 Å². The second kappa shape index (κ2) is 3.82. The largest absolute Gasteiger partial charge is 0.366 e. The summed E-state index contributed by atoms with van der Waals surface area (Å²) in [6.45, 7) is 6.62. The van der Waals surface area contributed by atoms with Crippen LogP contribution in [0.2, 0.25) is 0 Å². The van der Waals surface area contributed by atoms with Crippen molar-refractivity contribution in [3.05, 3.63) is 35.4 Å². The van der Waals surface area contributed by atoms with Crippen LogP contribution < -0.4 is 0 Å². The topological polar surface area (TPSA) is 12.5 Å². The summed E-state index contributed by atoms with van der Waals surface area (Å²) in [5.74, 6) is 0.593. The smallest absolute Gasteiger partial charge is 0.0882 e. The minimum atomic E-state index is -0.143. The number of fused-ring (bicyclic) bond motifs is 3. The molecule has 0 unspecified atom stereocenters. The van der Waals surface area contributed by atoms with E-state index in [9.17, 15) is 0 Å². The van der Waals surface area contributed by atoms with Crippen molar-refractivity contribution >= 4 is 0 Å². The molecule has 0 saturated carbocycles. The first-order valence-electron chi connectivity index (χ1n) is 6.54. The van der Waals surface area contributed by atoms with Crippen molar-refractivity contribution in [3.8, 4) is 0 Å². The molecule has 0 amide bonds. The van der Waals surface area contributed by atoms with E-state index in [0.29, 0.717) is 12.0 Å². The predicted molar refractivity (Wildman–Crippen MR) is 69.2 cm³/mol. The third kappa shape index (κ3) is 1.80. The van der Waals surface area contributed by atoms with Gasteiger partial charge in [0, 0.05) is 12.5 Å². The van der Waals surface area contributed by atoms with Crippen LogP contribution in [-0.2, 0) is 10.3 Å². The second-order valence-electron chi connectivity index (χ2n) is 5.91. The van der Waals surface area contributed by atoms with Gasteiger partial charge in [-0.15, -0.1) is 0 Å². The van der Waals surface area contributed by atoms with Gasteiger partial charge in [0.1, 0.15) is 0 Å². The lowest BCUT2D eigenvalue weighted by Crippen LogP contribution is -2.48. The van der Waals surface area contributed by atoms with Crippen LogP contribution in [0.5, 0.6) is 0 Å². The molecule has 2 aliphatic heterocycles. The Balaban J connectivity index is 2.04. The van der Waals surface area contributed by atoms with Crippen LogP contribution in [0.25, 0.3) is 0 Å². The zero-order chi connectivity index (χ0) is 12.0. The normalized spacial score (nSPS) is 31.7. The minimum Gasteiger partial charge on any atom is -0.366 e. The Morgan fingerprint density at radius 3 is 2.88 bits per heavy atom. The number of rotatable bonds is 0. The average Bonchev–Trinajstić information content (AvgIpc) is 2.28. The summed E-state index contributed by atoms with van der Waals surface area (Å²) in [7, 11) is 2.19. The standard InChI is InChI=1S/C15H21NO/c1-15(2)13-7-5-4-6-11(13)12-8-9-16(3)10-14(12)17-15/h4-7,12,14H,8-10H2,1-3H3/t12-,14-/m0/s1. The molecule has 2 aliphatic rings. The number of ether oxygens (including phenoxy) is 1. The highest BCUT2D eigenvalue weighted by molar-refractivity contribution is 5.37. The fourth-order valence-electron chi connectivity index (χ4n) is 3.36. The molecule has 2 heteroatoms. The predicted octanol–water partition coefficient (Wildman–Crippen LogP) is 2.74. The van der Waals surface area contributed by atoms with E-state index in [2.05, 4.69) is 50.1 Å². The van der Waals surface area contributed by atoms with E-state index < -0.39 is 0 Å². The van der Waals surface area contributed by atoms with Gasteiger partial charge in [-0.3, -0.25) is 0 Å². The molecular weight excluding hydrogens is 210 g/mol. The summed E-state index contributed by atoms with van der Waals surface area (Å²) in [4.78, 5) is 2.38. The molecule has 0 aliphatic carbocycles. The zero-order valence-corrected chi connectivity index (χ0v) is 10.9. The number of piperidine rings is 1. The summed E-state index contributed by atoms with van der Waals surface area (Å²) in [6, 6.07) is 8.81. The van der Waals surface area contributed by atoms with Gasteiger partial charge < -0.3 is 9.64 Å². The second-order valence-corrected chi connectivity index (χ2v) is 5.91. The van der Waals surface area contributed by atoms with Gasteiger partial charge in [0.05, 0.1) is 11.7 Å². The van der Waals surface area contributed by atoms with Gasteiger partial charge in [-0.1, -0.05) is 24.3 Å². The molecule has 1 aromatic rings. The zero-order valence-electron chi connectivity index (χ0n) is 10.9. The molecule has 2 nitrogen and oxygen atoms in total. The number of hydrogen-bond acceptors (Lipinski definition) is 2. The summed E-state index contributed by atoms with van der Waals surface area (Å²) in [6.07, 6.45) is 1.58. The lowest BCUT2D eigenvalue weighted by Gasteiger charge is -2.47. The van der Waals surface area contributed by atoms with Gasteiger partial charge in [0.15, 0.2) is 0 Å². The molecule has 2 atom stereocenters. The lowest BCUT2D eigenvalue weighted by molar-refractivity contribution is -0.120. The summed E-state index contributed by atoms with van der Waals surface area (Å²) < 4.78 is 6.33. The highest BCUT2D eigenvalue weighted by Gasteiger charge is 2.41. The first-order valence-corrected chi connectivity index (χ1v) is 6.54. The van der Waals surface area contributed by atoms with Crippen molar-refractivity contribution < 1.29 is 4.74 Å². The van der Waals surface area contributed by atoms with Crippen LogP contribution in [0.4, 0.5) is 0 Å². The van der Waals surface area contributed by atoms with Crippen LogP contribution in [-0.4, -0.2) is 31.1 Å². The van der Waals surface area contributed by atoms with Crippen LogP contribution in [0.1, 0.15) is 37.3 Å². The Kier molecular flexibility index (Phi) is 2.53. The van der Waals surface area contributed by atoms with Crippen LogP contribution in [0.3, 0.4) is 0 Å². The Morgan fingerprint density at radius 2 is 2.06 bits per heavy atom. The van der Waals surface area contributed by atoms with Crippen LogP contribution in [0, 0.1) is 0 Å². The molecule has 0 N–H and O–H groups in total. The molecule has 0 radical (unpaired) electrons. The van der Waals surface area contributed by atoms with E-state index in [1.807, 2.05) is 0 Å². The maximum Gasteiger partial charge on any atom is 0.0882 e.